The maximum atomic E-state index is 11.2. The molecule has 7 heteroatoms. The van der Waals surface area contributed by atoms with Crippen LogP contribution < -0.4 is 0 Å². The van der Waals surface area contributed by atoms with Crippen molar-refractivity contribution >= 4 is 21.6 Å². The van der Waals surface area contributed by atoms with Crippen molar-refractivity contribution in [1.82, 2.24) is 8.75 Å². The van der Waals surface area contributed by atoms with Gasteiger partial charge in [0.2, 0.25) is 0 Å². The van der Waals surface area contributed by atoms with Crippen molar-refractivity contribution in [3.63, 3.8) is 0 Å². The molecule has 1 unspecified atom stereocenters. The van der Waals surface area contributed by atoms with Crippen LogP contribution in [0.25, 0.3) is 0 Å². The lowest BCUT2D eigenvalue weighted by molar-refractivity contribution is 0.163. The molecule has 0 saturated carbocycles. The minimum absolute atomic E-state index is 0.123. The third kappa shape index (κ3) is 4.23. The Balaban J connectivity index is 2.33. The van der Waals surface area contributed by atoms with Gasteiger partial charge in [0.05, 0.1) is 29.8 Å². The Morgan fingerprint density at radius 3 is 2.87 bits per heavy atom. The summed E-state index contributed by atoms with van der Waals surface area (Å²) in [5, 5.41) is 9.59. The van der Waals surface area contributed by atoms with Gasteiger partial charge in [0.25, 0.3) is 0 Å². The fraction of sp³-hybridized carbons (Fsp3) is 0.750. The van der Waals surface area contributed by atoms with Gasteiger partial charge in [-0.1, -0.05) is 6.92 Å². The molecular formula is C8H14N2O3S2. The zero-order valence-corrected chi connectivity index (χ0v) is 10.1. The van der Waals surface area contributed by atoms with Crippen molar-refractivity contribution in [1.29, 1.82) is 0 Å². The van der Waals surface area contributed by atoms with Gasteiger partial charge < -0.3 is 5.11 Å². The first-order valence-corrected chi connectivity index (χ1v) is 7.26. The second-order valence-corrected chi connectivity index (χ2v) is 6.26. The summed E-state index contributed by atoms with van der Waals surface area (Å²) in [6.45, 7) is 1.62. The molecule has 0 saturated heterocycles. The quantitative estimate of drug-likeness (QED) is 0.807. The fourth-order valence-electron chi connectivity index (χ4n) is 1.11. The average Bonchev–Trinajstić information content (AvgIpc) is 2.70. The maximum absolute atomic E-state index is 11.2. The van der Waals surface area contributed by atoms with Crippen molar-refractivity contribution in [3.05, 3.63) is 11.9 Å². The SMILES string of the molecule is CCS(=O)(=O)CCCC(O)c1cnsn1. The predicted molar refractivity (Wildman–Crippen MR) is 58.4 cm³/mol. The first-order valence-electron chi connectivity index (χ1n) is 4.71. The van der Waals surface area contributed by atoms with Crippen molar-refractivity contribution in [2.24, 2.45) is 0 Å². The molecule has 1 aromatic heterocycles. The van der Waals surface area contributed by atoms with E-state index in [1.54, 1.807) is 6.92 Å². The summed E-state index contributed by atoms with van der Waals surface area (Å²) in [5.41, 5.74) is 0.522. The largest absolute Gasteiger partial charge is 0.387 e. The Kier molecular flexibility index (Phi) is 4.62. The Labute approximate surface area is 93.4 Å². The Morgan fingerprint density at radius 1 is 1.60 bits per heavy atom. The van der Waals surface area contributed by atoms with Gasteiger partial charge in [-0.25, -0.2) is 8.42 Å². The lowest BCUT2D eigenvalue weighted by Crippen LogP contribution is -2.10. The van der Waals surface area contributed by atoms with Crippen LogP contribution in [0.4, 0.5) is 0 Å². The fourth-order valence-corrected chi connectivity index (χ4v) is 2.47. The minimum atomic E-state index is -2.93. The number of hydrogen-bond acceptors (Lipinski definition) is 6. The van der Waals surface area contributed by atoms with E-state index in [0.29, 0.717) is 18.5 Å². The van der Waals surface area contributed by atoms with E-state index in [9.17, 15) is 13.5 Å². The van der Waals surface area contributed by atoms with E-state index in [4.69, 9.17) is 0 Å². The molecule has 0 radical (unpaired) electrons. The van der Waals surface area contributed by atoms with E-state index in [1.165, 1.54) is 6.20 Å². The zero-order valence-electron chi connectivity index (χ0n) is 8.46. The highest BCUT2D eigenvalue weighted by molar-refractivity contribution is 7.91. The molecule has 0 fully saturated rings. The predicted octanol–water partition coefficient (Wildman–Crippen LogP) is 0.786. The Morgan fingerprint density at radius 2 is 2.33 bits per heavy atom. The van der Waals surface area contributed by atoms with E-state index in [-0.39, 0.29) is 11.5 Å². The van der Waals surface area contributed by atoms with Crippen molar-refractivity contribution in [2.45, 2.75) is 25.9 Å². The molecule has 0 amide bonds. The molecule has 0 aliphatic heterocycles. The van der Waals surface area contributed by atoms with Crippen LogP contribution in [0.15, 0.2) is 6.20 Å². The molecule has 1 N–H and O–H groups in total. The van der Waals surface area contributed by atoms with Gasteiger partial charge in [0.15, 0.2) is 0 Å². The third-order valence-corrected chi connectivity index (χ3v) is 4.37. The summed E-state index contributed by atoms with van der Waals surface area (Å²) in [5.74, 6) is 0.277. The van der Waals surface area contributed by atoms with Crippen molar-refractivity contribution < 1.29 is 13.5 Å². The van der Waals surface area contributed by atoms with Gasteiger partial charge >= 0.3 is 0 Å². The molecular weight excluding hydrogens is 236 g/mol. The molecule has 0 spiro atoms. The molecule has 0 aliphatic rings. The smallest absolute Gasteiger partial charge is 0.150 e. The van der Waals surface area contributed by atoms with E-state index in [0.717, 1.165) is 11.7 Å². The van der Waals surface area contributed by atoms with Crippen LogP contribution in [0.2, 0.25) is 0 Å². The summed E-state index contributed by atoms with van der Waals surface area (Å²) in [4.78, 5) is 0. The first-order chi connectivity index (χ1) is 7.05. The van der Waals surface area contributed by atoms with Crippen LogP contribution in [-0.4, -0.2) is 33.8 Å². The second-order valence-electron chi connectivity index (χ2n) is 3.23. The van der Waals surface area contributed by atoms with Crippen LogP contribution in [0.3, 0.4) is 0 Å². The molecule has 86 valence electrons. The van der Waals surface area contributed by atoms with E-state index in [1.807, 2.05) is 0 Å². The summed E-state index contributed by atoms with van der Waals surface area (Å²) >= 11 is 1.03. The van der Waals surface area contributed by atoms with Crippen molar-refractivity contribution in [2.75, 3.05) is 11.5 Å². The molecule has 15 heavy (non-hydrogen) atoms. The highest BCUT2D eigenvalue weighted by atomic mass is 32.2. The molecule has 0 bridgehead atoms. The summed E-state index contributed by atoms with van der Waals surface area (Å²) in [6, 6.07) is 0. The number of rotatable bonds is 6. The molecule has 0 aromatic carbocycles. The van der Waals surface area contributed by atoms with Gasteiger partial charge in [-0.05, 0) is 12.8 Å². The normalized spacial score (nSPS) is 14.0. The Bertz CT molecular complexity index is 375. The molecule has 5 nitrogen and oxygen atoms in total. The van der Waals surface area contributed by atoms with Crippen LogP contribution in [-0.2, 0) is 9.84 Å². The van der Waals surface area contributed by atoms with Crippen LogP contribution in [0, 0.1) is 0 Å². The van der Waals surface area contributed by atoms with Gasteiger partial charge in [-0.3, -0.25) is 0 Å². The summed E-state index contributed by atoms with van der Waals surface area (Å²) in [6.07, 6.45) is 1.67. The molecule has 1 atom stereocenters. The summed E-state index contributed by atoms with van der Waals surface area (Å²) in [7, 11) is -2.93. The van der Waals surface area contributed by atoms with Gasteiger partial charge in [0.1, 0.15) is 15.5 Å². The number of nitrogens with zero attached hydrogens (tertiary/aromatic N) is 2. The van der Waals surface area contributed by atoms with Gasteiger partial charge in [-0.2, -0.15) is 8.75 Å². The van der Waals surface area contributed by atoms with E-state index in [2.05, 4.69) is 8.75 Å². The summed E-state index contributed by atoms with van der Waals surface area (Å²) < 4.78 is 30.0. The number of aromatic nitrogens is 2. The monoisotopic (exact) mass is 250 g/mol. The zero-order chi connectivity index (χ0) is 11.3. The van der Waals surface area contributed by atoms with Gasteiger partial charge in [0, 0.05) is 5.75 Å². The number of hydrogen-bond donors (Lipinski definition) is 1. The Hall–Kier alpha value is -0.530. The number of sulfone groups is 1. The topological polar surface area (TPSA) is 80.2 Å². The molecule has 1 rings (SSSR count). The number of aliphatic hydroxyl groups excluding tert-OH is 1. The average molecular weight is 250 g/mol. The highest BCUT2D eigenvalue weighted by Gasteiger charge is 2.13. The first kappa shape index (κ1) is 12.5. The van der Waals surface area contributed by atoms with E-state index < -0.39 is 15.9 Å². The third-order valence-electron chi connectivity index (χ3n) is 2.09. The lowest BCUT2D eigenvalue weighted by Gasteiger charge is -2.06. The number of aliphatic hydroxyl groups is 1. The van der Waals surface area contributed by atoms with Crippen LogP contribution >= 0.6 is 11.7 Å². The molecule has 1 aromatic rings. The van der Waals surface area contributed by atoms with Crippen molar-refractivity contribution in [3.8, 4) is 0 Å². The highest BCUT2D eigenvalue weighted by Crippen LogP contribution is 2.16. The molecule has 0 aliphatic carbocycles. The van der Waals surface area contributed by atoms with E-state index >= 15 is 0 Å². The maximum Gasteiger partial charge on any atom is 0.150 e. The van der Waals surface area contributed by atoms with Crippen LogP contribution in [0.5, 0.6) is 0 Å². The molecule has 1 heterocycles. The standard InChI is InChI=1S/C8H14N2O3S2/c1-2-15(12,13)5-3-4-8(11)7-6-9-14-10-7/h6,8,11H,2-5H2,1H3. The lowest BCUT2D eigenvalue weighted by atomic mass is 10.2. The van der Waals surface area contributed by atoms with Crippen LogP contribution in [0.1, 0.15) is 31.6 Å². The minimum Gasteiger partial charge on any atom is -0.387 e. The second kappa shape index (κ2) is 5.53. The van der Waals surface area contributed by atoms with Gasteiger partial charge in [-0.15, -0.1) is 0 Å².